The van der Waals surface area contributed by atoms with Crippen molar-refractivity contribution in [3.8, 4) is 22.6 Å². The molecule has 0 spiro atoms. The molecule has 5 nitrogen and oxygen atoms in total. The van der Waals surface area contributed by atoms with Crippen LogP contribution in [0.1, 0.15) is 43.7 Å². The van der Waals surface area contributed by atoms with E-state index < -0.39 is 0 Å². The Morgan fingerprint density at radius 1 is 1.13 bits per heavy atom. The molecule has 3 aromatic rings. The molecule has 0 radical (unpaired) electrons. The third kappa shape index (κ3) is 4.18. The summed E-state index contributed by atoms with van der Waals surface area (Å²) < 4.78 is 16.9. The smallest absolute Gasteiger partial charge is 0.244 e. The van der Waals surface area contributed by atoms with E-state index in [1.54, 1.807) is 26.6 Å². The highest BCUT2D eigenvalue weighted by Gasteiger charge is 2.20. The van der Waals surface area contributed by atoms with Crippen molar-refractivity contribution in [2.45, 2.75) is 45.6 Å². The summed E-state index contributed by atoms with van der Waals surface area (Å²) in [4.78, 5) is 12.6. The van der Waals surface area contributed by atoms with Crippen molar-refractivity contribution in [2.75, 3.05) is 14.2 Å². The van der Waals surface area contributed by atoms with Gasteiger partial charge in [0.05, 0.1) is 20.5 Å². The Morgan fingerprint density at radius 3 is 2.48 bits per heavy atom. The number of nitrogens with one attached hydrogen (secondary N) is 1. The first-order chi connectivity index (χ1) is 15.0. The predicted molar refractivity (Wildman–Crippen MR) is 124 cm³/mol. The Balaban J connectivity index is 1.74. The van der Waals surface area contributed by atoms with E-state index in [-0.39, 0.29) is 5.91 Å². The summed E-state index contributed by atoms with van der Waals surface area (Å²) in [5.41, 5.74) is 5.49. The van der Waals surface area contributed by atoms with Crippen LogP contribution in [0.15, 0.2) is 47.1 Å². The summed E-state index contributed by atoms with van der Waals surface area (Å²) in [6, 6.07) is 10.2. The maximum Gasteiger partial charge on any atom is 0.244 e. The van der Waals surface area contributed by atoms with Crippen molar-refractivity contribution in [3.05, 3.63) is 53.8 Å². The first-order valence-corrected chi connectivity index (χ1v) is 10.7. The van der Waals surface area contributed by atoms with Crippen molar-refractivity contribution < 1.29 is 18.7 Å². The van der Waals surface area contributed by atoms with E-state index in [9.17, 15) is 4.79 Å². The van der Waals surface area contributed by atoms with Crippen molar-refractivity contribution in [1.29, 1.82) is 0 Å². The van der Waals surface area contributed by atoms with Gasteiger partial charge in [-0.25, -0.2) is 0 Å². The average Bonchev–Trinajstić information content (AvgIpc) is 3.43. The van der Waals surface area contributed by atoms with E-state index in [2.05, 4.69) is 11.4 Å². The van der Waals surface area contributed by atoms with Gasteiger partial charge in [0, 0.05) is 34.2 Å². The zero-order valence-corrected chi connectivity index (χ0v) is 18.6. The molecule has 0 saturated heterocycles. The van der Waals surface area contributed by atoms with Gasteiger partial charge in [-0.05, 0) is 56.0 Å². The van der Waals surface area contributed by atoms with Crippen molar-refractivity contribution in [3.63, 3.8) is 0 Å². The molecule has 162 valence electrons. The highest BCUT2D eigenvalue weighted by molar-refractivity contribution is 6.01. The molecule has 0 bridgehead atoms. The lowest BCUT2D eigenvalue weighted by atomic mass is 9.96. The molecule has 1 aliphatic carbocycles. The van der Waals surface area contributed by atoms with Crippen LogP contribution in [0, 0.1) is 6.92 Å². The molecule has 1 heterocycles. The number of methoxy groups -OCH3 is 2. The van der Waals surface area contributed by atoms with Crippen LogP contribution in [-0.4, -0.2) is 26.2 Å². The Hall–Kier alpha value is -3.21. The van der Waals surface area contributed by atoms with Gasteiger partial charge in [-0.15, -0.1) is 0 Å². The number of carbonyl (C=O) groups is 1. The molecule has 0 aliphatic heterocycles. The van der Waals surface area contributed by atoms with E-state index in [0.29, 0.717) is 6.04 Å². The quantitative estimate of drug-likeness (QED) is 0.506. The molecule has 1 N–H and O–H groups in total. The number of furan rings is 1. The third-order valence-electron chi connectivity index (χ3n) is 6.12. The topological polar surface area (TPSA) is 60.7 Å². The second kappa shape index (κ2) is 8.88. The minimum atomic E-state index is -0.0493. The van der Waals surface area contributed by atoms with Crippen LogP contribution in [0.2, 0.25) is 0 Å². The lowest BCUT2D eigenvalue weighted by Gasteiger charge is -2.14. The first-order valence-electron chi connectivity index (χ1n) is 10.7. The Morgan fingerprint density at radius 2 is 1.84 bits per heavy atom. The van der Waals surface area contributed by atoms with Crippen molar-refractivity contribution in [1.82, 2.24) is 5.32 Å². The number of carbonyl (C=O) groups excluding carboxylic acids is 1. The molecular formula is C26H29NO4. The molecule has 31 heavy (non-hydrogen) atoms. The van der Waals surface area contributed by atoms with E-state index in [0.717, 1.165) is 63.1 Å². The third-order valence-corrected chi connectivity index (χ3v) is 6.12. The van der Waals surface area contributed by atoms with Gasteiger partial charge in [0.1, 0.15) is 17.1 Å². The molecule has 1 aromatic heterocycles. The van der Waals surface area contributed by atoms with Gasteiger partial charge in [-0.3, -0.25) is 4.79 Å². The zero-order chi connectivity index (χ0) is 22.0. The van der Waals surface area contributed by atoms with E-state index in [1.807, 2.05) is 38.1 Å². The highest BCUT2D eigenvalue weighted by atomic mass is 16.5. The summed E-state index contributed by atoms with van der Waals surface area (Å²) in [6.45, 7) is 3.93. The summed E-state index contributed by atoms with van der Waals surface area (Å²) in [6.07, 6.45) is 7.95. The SMILES string of the molecule is COc1ccc(-c2coc3c(C)c(OC)c(/C(C)=C/C(=O)NC4CCCC4)cc23)cc1. The fourth-order valence-corrected chi connectivity index (χ4v) is 4.45. The van der Waals surface area contributed by atoms with Crippen LogP contribution < -0.4 is 14.8 Å². The second-order valence-corrected chi connectivity index (χ2v) is 8.15. The molecular weight excluding hydrogens is 390 g/mol. The lowest BCUT2D eigenvalue weighted by Crippen LogP contribution is -2.31. The van der Waals surface area contributed by atoms with Crippen molar-refractivity contribution in [2.24, 2.45) is 0 Å². The molecule has 2 aromatic carbocycles. The maximum atomic E-state index is 12.6. The van der Waals surface area contributed by atoms with Gasteiger partial charge < -0.3 is 19.2 Å². The minimum absolute atomic E-state index is 0.0493. The predicted octanol–water partition coefficient (Wildman–Crippen LogP) is 5.89. The fourth-order valence-electron chi connectivity index (χ4n) is 4.45. The largest absolute Gasteiger partial charge is 0.497 e. The molecule has 4 rings (SSSR count). The monoisotopic (exact) mass is 419 g/mol. The average molecular weight is 420 g/mol. The Bertz CT molecular complexity index is 1120. The number of benzene rings is 2. The van der Waals surface area contributed by atoms with Crippen LogP contribution in [0.4, 0.5) is 0 Å². The second-order valence-electron chi connectivity index (χ2n) is 8.15. The lowest BCUT2D eigenvalue weighted by molar-refractivity contribution is -0.117. The zero-order valence-electron chi connectivity index (χ0n) is 18.6. The number of amides is 1. The fraction of sp³-hybridized carbons (Fsp3) is 0.346. The van der Waals surface area contributed by atoms with Gasteiger partial charge in [-0.1, -0.05) is 25.0 Å². The number of rotatable bonds is 6. The number of allylic oxidation sites excluding steroid dienone is 1. The molecule has 0 atom stereocenters. The number of fused-ring (bicyclic) bond motifs is 1. The van der Waals surface area contributed by atoms with Gasteiger partial charge in [0.25, 0.3) is 0 Å². The van der Waals surface area contributed by atoms with E-state index in [4.69, 9.17) is 13.9 Å². The van der Waals surface area contributed by atoms with Gasteiger partial charge in [0.15, 0.2) is 0 Å². The van der Waals surface area contributed by atoms with Crippen molar-refractivity contribution >= 4 is 22.4 Å². The van der Waals surface area contributed by atoms with Crippen LogP contribution >= 0.6 is 0 Å². The standard InChI is InChI=1S/C26H29NO4/c1-16(13-24(28)27-19-7-5-6-8-19)21-14-22-23(18-9-11-20(29-3)12-10-18)15-31-26(22)17(2)25(21)30-4/h9-15,19H,5-8H2,1-4H3,(H,27,28)/b16-13+. The van der Waals surface area contributed by atoms with E-state index in [1.165, 1.54) is 12.8 Å². The number of hydrogen-bond donors (Lipinski definition) is 1. The summed E-state index contributed by atoms with van der Waals surface area (Å²) in [5, 5.41) is 4.11. The molecule has 1 amide bonds. The number of ether oxygens (including phenoxy) is 2. The number of hydrogen-bond acceptors (Lipinski definition) is 4. The number of aryl methyl sites for hydroxylation is 1. The van der Waals surface area contributed by atoms with Crippen LogP contribution in [0.25, 0.3) is 27.7 Å². The summed E-state index contributed by atoms with van der Waals surface area (Å²) >= 11 is 0. The molecule has 1 saturated carbocycles. The minimum Gasteiger partial charge on any atom is -0.497 e. The molecule has 0 unspecified atom stereocenters. The van der Waals surface area contributed by atoms with Gasteiger partial charge in [0.2, 0.25) is 5.91 Å². The van der Waals surface area contributed by atoms with Crippen LogP contribution in [0.5, 0.6) is 11.5 Å². The molecule has 1 fully saturated rings. The highest BCUT2D eigenvalue weighted by Crippen LogP contribution is 2.40. The Labute approximate surface area is 183 Å². The normalized spacial score (nSPS) is 14.8. The van der Waals surface area contributed by atoms with Gasteiger partial charge >= 0.3 is 0 Å². The summed E-state index contributed by atoms with van der Waals surface area (Å²) in [7, 11) is 3.30. The molecule has 1 aliphatic rings. The van der Waals surface area contributed by atoms with E-state index >= 15 is 0 Å². The Kier molecular flexibility index (Phi) is 6.03. The van der Waals surface area contributed by atoms with Crippen LogP contribution in [-0.2, 0) is 4.79 Å². The molecule has 5 heteroatoms. The summed E-state index contributed by atoms with van der Waals surface area (Å²) in [5.74, 6) is 1.49. The first kappa shape index (κ1) is 21.0. The maximum absolute atomic E-state index is 12.6. The van der Waals surface area contributed by atoms with Crippen LogP contribution in [0.3, 0.4) is 0 Å². The van der Waals surface area contributed by atoms with Gasteiger partial charge in [-0.2, -0.15) is 0 Å².